The van der Waals surface area contributed by atoms with Gasteiger partial charge in [0.2, 0.25) is 0 Å². The summed E-state index contributed by atoms with van der Waals surface area (Å²) in [5.74, 6) is -0.290. The third kappa shape index (κ3) is 2.62. The van der Waals surface area contributed by atoms with E-state index in [1.807, 2.05) is 12.1 Å². The van der Waals surface area contributed by atoms with Crippen molar-refractivity contribution in [3.63, 3.8) is 0 Å². The minimum absolute atomic E-state index is 0.0469. The molecule has 104 valence electrons. The molecule has 0 aliphatic carbocycles. The highest BCUT2D eigenvalue weighted by molar-refractivity contribution is 9.10. The van der Waals surface area contributed by atoms with Crippen molar-refractivity contribution in [2.45, 2.75) is 11.8 Å². The highest BCUT2D eigenvalue weighted by Gasteiger charge is 2.39. The molecule has 1 aliphatic rings. The highest BCUT2D eigenvalue weighted by Crippen LogP contribution is 2.35. The van der Waals surface area contributed by atoms with Crippen LogP contribution >= 0.6 is 27.5 Å². The zero-order valence-corrected chi connectivity index (χ0v) is 13.1. The molecule has 1 nitrogen and oxygen atoms in total. The molecule has 20 heavy (non-hydrogen) atoms. The smallest absolute Gasteiger partial charge is 0.124 e. The molecule has 4 heteroatoms. The lowest BCUT2D eigenvalue weighted by atomic mass is 9.71. The van der Waals surface area contributed by atoms with Gasteiger partial charge in [-0.3, -0.25) is 0 Å². The van der Waals surface area contributed by atoms with Crippen molar-refractivity contribution in [3.05, 3.63) is 68.9 Å². The molecular weight excluding hydrogens is 341 g/mol. The second-order valence-corrected chi connectivity index (χ2v) is 6.63. The van der Waals surface area contributed by atoms with Gasteiger partial charge in [0.1, 0.15) is 5.82 Å². The fraction of sp³-hybridized carbons (Fsp3) is 0.250. The molecule has 0 spiro atoms. The van der Waals surface area contributed by atoms with E-state index in [2.05, 4.69) is 33.4 Å². The fourth-order valence-corrected chi connectivity index (χ4v) is 3.34. The van der Waals surface area contributed by atoms with E-state index in [0.717, 1.165) is 29.5 Å². The van der Waals surface area contributed by atoms with Gasteiger partial charge in [-0.2, -0.15) is 0 Å². The molecule has 0 radical (unpaired) electrons. The minimum Gasteiger partial charge on any atom is -0.315 e. The first-order valence-electron chi connectivity index (χ1n) is 6.50. The predicted molar refractivity (Wildman–Crippen MR) is 83.8 cm³/mol. The van der Waals surface area contributed by atoms with Crippen molar-refractivity contribution >= 4 is 27.5 Å². The normalized spacial score (nSPS) is 16.8. The summed E-state index contributed by atoms with van der Waals surface area (Å²) in [7, 11) is 0. The average Bonchev–Trinajstić information content (AvgIpc) is 2.36. The Bertz CT molecular complexity index is 640. The van der Waals surface area contributed by atoms with E-state index in [-0.39, 0.29) is 11.2 Å². The predicted octanol–water partition coefficient (Wildman–Crippen LogP) is 4.33. The van der Waals surface area contributed by atoms with E-state index >= 15 is 0 Å². The molecule has 1 aliphatic heterocycles. The van der Waals surface area contributed by atoms with Crippen molar-refractivity contribution in [2.24, 2.45) is 0 Å². The maximum Gasteiger partial charge on any atom is 0.124 e. The lowest BCUT2D eigenvalue weighted by molar-refractivity contribution is 0.274. The van der Waals surface area contributed by atoms with Gasteiger partial charge in [-0.05, 0) is 41.8 Å². The lowest BCUT2D eigenvalue weighted by Crippen LogP contribution is -2.58. The number of hydrogen-bond acceptors (Lipinski definition) is 1. The quantitative estimate of drug-likeness (QED) is 0.865. The largest absolute Gasteiger partial charge is 0.315 e. The van der Waals surface area contributed by atoms with Crippen LogP contribution in [-0.4, -0.2) is 13.1 Å². The van der Waals surface area contributed by atoms with Crippen molar-refractivity contribution < 1.29 is 4.39 Å². The summed E-state index contributed by atoms with van der Waals surface area (Å²) in [6, 6.07) is 13.0. The van der Waals surface area contributed by atoms with Crippen LogP contribution in [0.25, 0.3) is 0 Å². The first-order chi connectivity index (χ1) is 9.59. The summed E-state index contributed by atoms with van der Waals surface area (Å²) < 4.78 is 14.2. The molecule has 2 aromatic rings. The third-order valence-electron chi connectivity index (χ3n) is 3.91. The lowest BCUT2D eigenvalue weighted by Gasteiger charge is -2.43. The summed E-state index contributed by atoms with van der Waals surface area (Å²) in [6.45, 7) is 1.83. The maximum atomic E-state index is 13.1. The number of rotatable bonds is 3. The van der Waals surface area contributed by atoms with Crippen LogP contribution in [-0.2, 0) is 11.8 Å². The van der Waals surface area contributed by atoms with Gasteiger partial charge in [-0.15, -0.1) is 0 Å². The summed E-state index contributed by atoms with van der Waals surface area (Å²) in [5, 5.41) is 3.84. The van der Waals surface area contributed by atoms with Gasteiger partial charge in [0.15, 0.2) is 0 Å². The summed E-state index contributed by atoms with van der Waals surface area (Å²) in [4.78, 5) is 0. The standard InChI is InChI=1S/C16H14BrClFN/c17-13-3-1-2-12(6-13)16(9-20-10-16)8-11-4-5-14(19)7-15(11)18/h1-7,20H,8-10H2. The Morgan fingerprint density at radius 1 is 1.20 bits per heavy atom. The van der Waals surface area contributed by atoms with E-state index in [9.17, 15) is 4.39 Å². The summed E-state index contributed by atoms with van der Waals surface area (Å²) in [6.07, 6.45) is 0.815. The van der Waals surface area contributed by atoms with Crippen molar-refractivity contribution in [2.75, 3.05) is 13.1 Å². The molecule has 2 aromatic carbocycles. The van der Waals surface area contributed by atoms with Crippen LogP contribution in [0, 0.1) is 5.82 Å². The molecule has 0 saturated carbocycles. The van der Waals surface area contributed by atoms with E-state index in [1.54, 1.807) is 6.07 Å². The van der Waals surface area contributed by atoms with Gasteiger partial charge in [0.25, 0.3) is 0 Å². The van der Waals surface area contributed by atoms with Crippen LogP contribution < -0.4 is 5.32 Å². The molecule has 0 amide bonds. The molecule has 0 bridgehead atoms. The second kappa shape index (κ2) is 5.47. The zero-order valence-electron chi connectivity index (χ0n) is 10.8. The Kier molecular flexibility index (Phi) is 3.85. The van der Waals surface area contributed by atoms with E-state index < -0.39 is 0 Å². The maximum absolute atomic E-state index is 13.1. The van der Waals surface area contributed by atoms with E-state index in [4.69, 9.17) is 11.6 Å². The Balaban J connectivity index is 1.94. The van der Waals surface area contributed by atoms with E-state index in [1.165, 1.54) is 17.7 Å². The van der Waals surface area contributed by atoms with Crippen molar-refractivity contribution in [1.29, 1.82) is 0 Å². The SMILES string of the molecule is Fc1ccc(CC2(c3cccc(Br)c3)CNC2)c(Cl)c1. The number of hydrogen-bond donors (Lipinski definition) is 1. The van der Waals surface area contributed by atoms with Crippen molar-refractivity contribution in [1.82, 2.24) is 5.32 Å². The average molecular weight is 355 g/mol. The molecule has 1 heterocycles. The highest BCUT2D eigenvalue weighted by atomic mass is 79.9. The minimum atomic E-state index is -0.290. The van der Waals surface area contributed by atoms with Crippen LogP contribution in [0.2, 0.25) is 5.02 Å². The van der Waals surface area contributed by atoms with Crippen LogP contribution in [0.3, 0.4) is 0 Å². The van der Waals surface area contributed by atoms with Gasteiger partial charge in [0, 0.05) is 28.0 Å². The molecule has 1 N–H and O–H groups in total. The summed E-state index contributed by atoms with van der Waals surface area (Å²) >= 11 is 9.69. The molecule has 0 unspecified atom stereocenters. The monoisotopic (exact) mass is 353 g/mol. The van der Waals surface area contributed by atoms with Crippen LogP contribution in [0.15, 0.2) is 46.9 Å². The zero-order chi connectivity index (χ0) is 14.2. The Hall–Kier alpha value is -0.900. The van der Waals surface area contributed by atoms with Gasteiger partial charge in [-0.25, -0.2) is 4.39 Å². The first kappa shape index (κ1) is 14.1. The van der Waals surface area contributed by atoms with Gasteiger partial charge in [-0.1, -0.05) is 45.7 Å². The molecule has 1 fully saturated rings. The van der Waals surface area contributed by atoms with Crippen LogP contribution in [0.5, 0.6) is 0 Å². The van der Waals surface area contributed by atoms with Crippen molar-refractivity contribution in [3.8, 4) is 0 Å². The van der Waals surface area contributed by atoms with Gasteiger partial charge in [0.05, 0.1) is 0 Å². The molecule has 3 rings (SSSR count). The number of benzene rings is 2. The Morgan fingerprint density at radius 3 is 2.60 bits per heavy atom. The molecule has 0 atom stereocenters. The van der Waals surface area contributed by atoms with E-state index in [0.29, 0.717) is 5.02 Å². The molecular formula is C16H14BrClFN. The topological polar surface area (TPSA) is 12.0 Å². The summed E-state index contributed by atoms with van der Waals surface area (Å²) in [5.41, 5.74) is 2.33. The molecule has 1 saturated heterocycles. The fourth-order valence-electron chi connectivity index (χ4n) is 2.71. The van der Waals surface area contributed by atoms with Crippen LogP contribution in [0.4, 0.5) is 4.39 Å². The number of nitrogens with one attached hydrogen (secondary N) is 1. The van der Waals surface area contributed by atoms with Crippen LogP contribution in [0.1, 0.15) is 11.1 Å². The Labute approximate surface area is 131 Å². The molecule has 0 aromatic heterocycles. The Morgan fingerprint density at radius 2 is 2.00 bits per heavy atom. The first-order valence-corrected chi connectivity index (χ1v) is 7.67. The van der Waals surface area contributed by atoms with Gasteiger partial charge >= 0.3 is 0 Å². The number of halogens is 3. The third-order valence-corrected chi connectivity index (χ3v) is 4.75. The van der Waals surface area contributed by atoms with Gasteiger partial charge < -0.3 is 5.32 Å². The second-order valence-electron chi connectivity index (χ2n) is 5.31.